The highest BCUT2D eigenvalue weighted by Crippen LogP contribution is 2.21. The third-order valence-corrected chi connectivity index (χ3v) is 3.80. The van der Waals surface area contributed by atoms with Crippen molar-refractivity contribution >= 4 is 11.3 Å². The summed E-state index contributed by atoms with van der Waals surface area (Å²) in [5.74, 6) is 0. The summed E-state index contributed by atoms with van der Waals surface area (Å²) in [4.78, 5) is 10.3. The van der Waals surface area contributed by atoms with Gasteiger partial charge in [-0.15, -0.1) is 11.3 Å². The maximum absolute atomic E-state index is 5.21. The number of pyridine rings is 1. The molecule has 0 aliphatic carbocycles. The number of nitrogens with zero attached hydrogens (tertiary/aromatic N) is 2. The minimum Gasteiger partial charge on any atom is -0.378 e. The lowest BCUT2D eigenvalue weighted by Crippen LogP contribution is -2.12. The SMILES string of the molecule is CCNCc1sc(Cc2ccccn2)nc1COC. The molecule has 0 aliphatic heterocycles. The van der Waals surface area contributed by atoms with Gasteiger partial charge >= 0.3 is 0 Å². The number of thiazole rings is 1. The van der Waals surface area contributed by atoms with E-state index in [4.69, 9.17) is 4.74 Å². The molecule has 0 atom stereocenters. The van der Waals surface area contributed by atoms with Gasteiger partial charge in [0, 0.05) is 36.8 Å². The number of nitrogens with one attached hydrogen (secondary N) is 1. The molecule has 102 valence electrons. The monoisotopic (exact) mass is 277 g/mol. The van der Waals surface area contributed by atoms with Crippen LogP contribution in [0.2, 0.25) is 0 Å². The fraction of sp³-hybridized carbons (Fsp3) is 0.429. The van der Waals surface area contributed by atoms with E-state index in [1.165, 1.54) is 4.88 Å². The molecule has 0 bridgehead atoms. The van der Waals surface area contributed by atoms with Crippen molar-refractivity contribution in [3.05, 3.63) is 45.7 Å². The van der Waals surface area contributed by atoms with Gasteiger partial charge in [0.15, 0.2) is 0 Å². The van der Waals surface area contributed by atoms with Crippen molar-refractivity contribution in [1.82, 2.24) is 15.3 Å². The average molecular weight is 277 g/mol. The lowest BCUT2D eigenvalue weighted by atomic mass is 10.3. The molecule has 2 aromatic heterocycles. The van der Waals surface area contributed by atoms with Crippen LogP contribution < -0.4 is 5.32 Å². The topological polar surface area (TPSA) is 47.0 Å². The second kappa shape index (κ2) is 7.33. The second-order valence-electron chi connectivity index (χ2n) is 4.19. The van der Waals surface area contributed by atoms with Crippen molar-refractivity contribution in [3.8, 4) is 0 Å². The van der Waals surface area contributed by atoms with Crippen LogP contribution in [0, 0.1) is 0 Å². The first kappa shape index (κ1) is 14.1. The maximum Gasteiger partial charge on any atom is 0.0992 e. The predicted molar refractivity (Wildman–Crippen MR) is 77.3 cm³/mol. The molecule has 0 aliphatic rings. The number of aromatic nitrogens is 2. The molecule has 1 N–H and O–H groups in total. The molecular formula is C14H19N3OS. The van der Waals surface area contributed by atoms with Crippen LogP contribution in [0.3, 0.4) is 0 Å². The molecule has 19 heavy (non-hydrogen) atoms. The first-order chi connectivity index (χ1) is 9.33. The van der Waals surface area contributed by atoms with Gasteiger partial charge in [0.2, 0.25) is 0 Å². The first-order valence-corrected chi connectivity index (χ1v) is 7.22. The zero-order chi connectivity index (χ0) is 13.5. The van der Waals surface area contributed by atoms with E-state index < -0.39 is 0 Å². The summed E-state index contributed by atoms with van der Waals surface area (Å²) in [6.07, 6.45) is 2.60. The van der Waals surface area contributed by atoms with Gasteiger partial charge < -0.3 is 10.1 Å². The summed E-state index contributed by atoms with van der Waals surface area (Å²) in [6.45, 7) is 4.49. The third-order valence-electron chi connectivity index (χ3n) is 2.70. The van der Waals surface area contributed by atoms with Gasteiger partial charge in [-0.05, 0) is 18.7 Å². The van der Waals surface area contributed by atoms with Gasteiger partial charge in [0.05, 0.1) is 17.3 Å². The van der Waals surface area contributed by atoms with Crippen LogP contribution in [0.5, 0.6) is 0 Å². The molecule has 0 fully saturated rings. The summed E-state index contributed by atoms with van der Waals surface area (Å²) < 4.78 is 5.21. The summed E-state index contributed by atoms with van der Waals surface area (Å²) in [5, 5.41) is 4.44. The van der Waals surface area contributed by atoms with Crippen LogP contribution in [0.25, 0.3) is 0 Å². The smallest absolute Gasteiger partial charge is 0.0992 e. The van der Waals surface area contributed by atoms with Gasteiger partial charge in [0.25, 0.3) is 0 Å². The molecular weight excluding hydrogens is 258 g/mol. The Morgan fingerprint density at radius 3 is 2.95 bits per heavy atom. The zero-order valence-corrected chi connectivity index (χ0v) is 12.2. The number of rotatable bonds is 7. The van der Waals surface area contributed by atoms with E-state index in [1.807, 2.05) is 24.4 Å². The molecule has 4 nitrogen and oxygen atoms in total. The molecule has 2 aromatic rings. The standard InChI is InChI=1S/C14H19N3OS/c1-3-15-9-13-12(10-18-2)17-14(19-13)8-11-6-4-5-7-16-11/h4-7,15H,3,8-10H2,1-2H3. The zero-order valence-electron chi connectivity index (χ0n) is 11.3. The number of ether oxygens (including phenoxy) is 1. The Morgan fingerprint density at radius 2 is 2.26 bits per heavy atom. The van der Waals surface area contributed by atoms with E-state index in [-0.39, 0.29) is 0 Å². The largest absolute Gasteiger partial charge is 0.378 e. The van der Waals surface area contributed by atoms with Crippen LogP contribution >= 0.6 is 11.3 Å². The van der Waals surface area contributed by atoms with Crippen molar-refractivity contribution in [2.75, 3.05) is 13.7 Å². The highest BCUT2D eigenvalue weighted by Gasteiger charge is 2.11. The summed E-state index contributed by atoms with van der Waals surface area (Å²) in [6, 6.07) is 5.96. The second-order valence-corrected chi connectivity index (χ2v) is 5.36. The molecule has 0 unspecified atom stereocenters. The van der Waals surface area contributed by atoms with Crippen LogP contribution in [-0.2, 0) is 24.3 Å². The molecule has 0 radical (unpaired) electrons. The van der Waals surface area contributed by atoms with Gasteiger partial charge in [0.1, 0.15) is 0 Å². The Balaban J connectivity index is 2.12. The first-order valence-electron chi connectivity index (χ1n) is 6.40. The summed E-state index contributed by atoms with van der Waals surface area (Å²) in [7, 11) is 1.70. The highest BCUT2D eigenvalue weighted by atomic mass is 32.1. The number of hydrogen-bond donors (Lipinski definition) is 1. The van der Waals surface area contributed by atoms with E-state index in [0.29, 0.717) is 6.61 Å². The van der Waals surface area contributed by atoms with Crippen LogP contribution in [0.4, 0.5) is 0 Å². The van der Waals surface area contributed by atoms with Gasteiger partial charge in [-0.1, -0.05) is 13.0 Å². The van der Waals surface area contributed by atoms with Gasteiger partial charge in [-0.25, -0.2) is 4.98 Å². The minimum atomic E-state index is 0.569. The van der Waals surface area contributed by atoms with Crippen molar-refractivity contribution < 1.29 is 4.74 Å². The average Bonchev–Trinajstić information content (AvgIpc) is 2.80. The summed E-state index contributed by atoms with van der Waals surface area (Å²) >= 11 is 1.74. The lowest BCUT2D eigenvalue weighted by molar-refractivity contribution is 0.181. The van der Waals surface area contributed by atoms with E-state index >= 15 is 0 Å². The Hall–Kier alpha value is -1.30. The van der Waals surface area contributed by atoms with Crippen molar-refractivity contribution in [2.24, 2.45) is 0 Å². The Kier molecular flexibility index (Phi) is 5.44. The van der Waals surface area contributed by atoms with Crippen LogP contribution in [0.1, 0.15) is 28.2 Å². The van der Waals surface area contributed by atoms with Gasteiger partial charge in [-0.3, -0.25) is 4.98 Å². The molecule has 0 spiro atoms. The van der Waals surface area contributed by atoms with E-state index in [2.05, 4.69) is 22.2 Å². The van der Waals surface area contributed by atoms with E-state index in [0.717, 1.165) is 35.9 Å². The van der Waals surface area contributed by atoms with E-state index in [1.54, 1.807) is 18.4 Å². The molecule has 0 saturated heterocycles. The third kappa shape index (κ3) is 4.09. The summed E-state index contributed by atoms with van der Waals surface area (Å²) in [5.41, 5.74) is 2.09. The molecule has 2 heterocycles. The van der Waals surface area contributed by atoms with Gasteiger partial charge in [-0.2, -0.15) is 0 Å². The van der Waals surface area contributed by atoms with Crippen molar-refractivity contribution in [2.45, 2.75) is 26.5 Å². The normalized spacial score (nSPS) is 10.8. The molecule has 0 amide bonds. The van der Waals surface area contributed by atoms with Crippen LogP contribution in [-0.4, -0.2) is 23.6 Å². The number of hydrogen-bond acceptors (Lipinski definition) is 5. The Labute approximate surface area is 117 Å². The Bertz CT molecular complexity index is 499. The molecule has 5 heteroatoms. The number of methoxy groups -OCH3 is 1. The van der Waals surface area contributed by atoms with Crippen molar-refractivity contribution in [3.63, 3.8) is 0 Å². The minimum absolute atomic E-state index is 0.569. The molecule has 0 aromatic carbocycles. The van der Waals surface area contributed by atoms with E-state index in [9.17, 15) is 0 Å². The highest BCUT2D eigenvalue weighted by molar-refractivity contribution is 7.11. The van der Waals surface area contributed by atoms with Crippen molar-refractivity contribution in [1.29, 1.82) is 0 Å². The fourth-order valence-electron chi connectivity index (χ4n) is 1.80. The van der Waals surface area contributed by atoms with Crippen LogP contribution in [0.15, 0.2) is 24.4 Å². The lowest BCUT2D eigenvalue weighted by Gasteiger charge is -2.00. The fourth-order valence-corrected chi connectivity index (χ4v) is 2.85. The quantitative estimate of drug-likeness (QED) is 0.844. The maximum atomic E-state index is 5.21. The predicted octanol–water partition coefficient (Wildman–Crippen LogP) is 2.38. The molecule has 2 rings (SSSR count). The molecule has 0 saturated carbocycles. The Morgan fingerprint density at radius 1 is 1.37 bits per heavy atom.